The minimum atomic E-state index is 0.366. The van der Waals surface area contributed by atoms with Gasteiger partial charge in [-0.3, -0.25) is 0 Å². The van der Waals surface area contributed by atoms with Gasteiger partial charge in [-0.15, -0.1) is 0 Å². The van der Waals surface area contributed by atoms with Crippen LogP contribution in [-0.2, 0) is 6.42 Å². The van der Waals surface area contributed by atoms with Crippen molar-refractivity contribution in [1.82, 2.24) is 9.36 Å². The summed E-state index contributed by atoms with van der Waals surface area (Å²) in [5.74, 6) is 0.366. The normalized spacial score (nSPS) is 10.8. The van der Waals surface area contributed by atoms with Crippen LogP contribution >= 0.6 is 11.5 Å². The predicted molar refractivity (Wildman–Crippen MR) is 71.1 cm³/mol. The first-order chi connectivity index (χ1) is 8.31. The number of nitrogen functional groups attached to an aromatic ring is 1. The third-order valence-corrected chi connectivity index (χ3v) is 3.38. The van der Waals surface area contributed by atoms with E-state index in [1.54, 1.807) is 0 Å². The summed E-state index contributed by atoms with van der Waals surface area (Å²) in [6.07, 6.45) is 0.791. The van der Waals surface area contributed by atoms with Crippen LogP contribution in [-0.4, -0.2) is 9.36 Å². The molecule has 2 aromatic carbocycles. The number of hydrogen-bond acceptors (Lipinski definition) is 4. The summed E-state index contributed by atoms with van der Waals surface area (Å²) in [7, 11) is 0. The first-order valence-electron chi connectivity index (χ1n) is 5.37. The van der Waals surface area contributed by atoms with Crippen molar-refractivity contribution in [3.05, 3.63) is 53.0 Å². The summed E-state index contributed by atoms with van der Waals surface area (Å²) in [6.45, 7) is 0. The van der Waals surface area contributed by atoms with Gasteiger partial charge in [0.2, 0.25) is 5.95 Å². The first-order valence-corrected chi connectivity index (χ1v) is 6.14. The van der Waals surface area contributed by atoms with E-state index in [1.807, 2.05) is 6.07 Å². The first kappa shape index (κ1) is 10.2. The van der Waals surface area contributed by atoms with Crippen LogP contribution in [0.15, 0.2) is 42.5 Å². The van der Waals surface area contributed by atoms with E-state index in [-0.39, 0.29) is 0 Å². The van der Waals surface area contributed by atoms with Gasteiger partial charge in [0.25, 0.3) is 0 Å². The third-order valence-electron chi connectivity index (χ3n) is 2.65. The summed E-state index contributed by atoms with van der Waals surface area (Å²) in [5.41, 5.74) is 6.75. The Hall–Kier alpha value is -1.94. The molecule has 0 atom stereocenters. The van der Waals surface area contributed by atoms with Gasteiger partial charge in [-0.2, -0.15) is 4.37 Å². The molecule has 0 aliphatic carbocycles. The monoisotopic (exact) mass is 241 g/mol. The molecule has 0 aliphatic rings. The summed E-state index contributed by atoms with van der Waals surface area (Å²) >= 11 is 1.36. The van der Waals surface area contributed by atoms with Gasteiger partial charge in [-0.05, 0) is 27.9 Å². The van der Waals surface area contributed by atoms with Gasteiger partial charge in [0.1, 0.15) is 5.01 Å². The van der Waals surface area contributed by atoms with Crippen LogP contribution in [0.5, 0.6) is 0 Å². The van der Waals surface area contributed by atoms with E-state index >= 15 is 0 Å². The van der Waals surface area contributed by atoms with Crippen molar-refractivity contribution in [2.75, 3.05) is 5.73 Å². The molecule has 0 saturated heterocycles. The zero-order chi connectivity index (χ0) is 11.7. The minimum Gasteiger partial charge on any atom is -0.367 e. The molecule has 3 rings (SSSR count). The van der Waals surface area contributed by atoms with E-state index in [4.69, 9.17) is 5.73 Å². The van der Waals surface area contributed by atoms with Crippen LogP contribution in [0.4, 0.5) is 5.95 Å². The van der Waals surface area contributed by atoms with E-state index in [0.717, 1.165) is 11.4 Å². The van der Waals surface area contributed by atoms with Crippen LogP contribution in [0, 0.1) is 0 Å². The van der Waals surface area contributed by atoms with Crippen molar-refractivity contribution in [3.63, 3.8) is 0 Å². The SMILES string of the molecule is Nc1nsc(Cc2ccc3ccccc3c2)n1. The number of aromatic nitrogens is 2. The Morgan fingerprint density at radius 2 is 1.88 bits per heavy atom. The molecule has 0 bridgehead atoms. The average molecular weight is 241 g/mol. The number of fused-ring (bicyclic) bond motifs is 1. The van der Waals surface area contributed by atoms with Crippen molar-refractivity contribution < 1.29 is 0 Å². The molecule has 0 radical (unpaired) electrons. The van der Waals surface area contributed by atoms with Gasteiger partial charge in [0.15, 0.2) is 0 Å². The maximum absolute atomic E-state index is 5.51. The molecule has 3 nitrogen and oxygen atoms in total. The van der Waals surface area contributed by atoms with Gasteiger partial charge in [-0.1, -0.05) is 42.5 Å². The van der Waals surface area contributed by atoms with E-state index in [9.17, 15) is 0 Å². The predicted octanol–water partition coefficient (Wildman–Crippen LogP) is 2.86. The Labute approximate surface area is 103 Å². The number of nitrogens with two attached hydrogens (primary N) is 1. The van der Waals surface area contributed by atoms with E-state index < -0.39 is 0 Å². The molecular formula is C13H11N3S. The summed E-state index contributed by atoms with van der Waals surface area (Å²) in [5, 5.41) is 3.47. The molecule has 0 amide bonds. The van der Waals surface area contributed by atoms with Gasteiger partial charge in [0.05, 0.1) is 0 Å². The summed E-state index contributed by atoms with van der Waals surface area (Å²) < 4.78 is 3.98. The highest BCUT2D eigenvalue weighted by molar-refractivity contribution is 7.05. The second-order valence-electron chi connectivity index (χ2n) is 3.90. The molecular weight excluding hydrogens is 230 g/mol. The lowest BCUT2D eigenvalue weighted by atomic mass is 10.1. The van der Waals surface area contributed by atoms with Crippen LogP contribution in [0.2, 0.25) is 0 Å². The molecule has 0 aliphatic heterocycles. The number of anilines is 1. The number of nitrogens with zero attached hydrogens (tertiary/aromatic N) is 2. The lowest BCUT2D eigenvalue weighted by Gasteiger charge is -2.01. The zero-order valence-corrected chi connectivity index (χ0v) is 9.95. The van der Waals surface area contributed by atoms with E-state index in [0.29, 0.717) is 5.95 Å². The summed E-state index contributed by atoms with van der Waals surface area (Å²) in [6, 6.07) is 14.8. The molecule has 0 fully saturated rings. The van der Waals surface area contributed by atoms with Gasteiger partial charge >= 0.3 is 0 Å². The van der Waals surface area contributed by atoms with E-state index in [1.165, 1.54) is 27.9 Å². The Balaban J connectivity index is 1.95. The van der Waals surface area contributed by atoms with Crippen LogP contribution < -0.4 is 5.73 Å². The van der Waals surface area contributed by atoms with Crippen molar-refractivity contribution >= 4 is 28.3 Å². The van der Waals surface area contributed by atoms with Crippen molar-refractivity contribution in [2.45, 2.75) is 6.42 Å². The molecule has 3 aromatic rings. The number of hydrogen-bond donors (Lipinski definition) is 1. The highest BCUT2D eigenvalue weighted by Gasteiger charge is 2.03. The van der Waals surface area contributed by atoms with Gasteiger partial charge in [0, 0.05) is 6.42 Å². The lowest BCUT2D eigenvalue weighted by Crippen LogP contribution is -1.90. The smallest absolute Gasteiger partial charge is 0.232 e. The molecule has 1 heterocycles. The molecule has 84 valence electrons. The highest BCUT2D eigenvalue weighted by atomic mass is 32.1. The third kappa shape index (κ3) is 2.12. The summed E-state index contributed by atoms with van der Waals surface area (Å²) in [4.78, 5) is 4.17. The standard InChI is InChI=1S/C13H11N3S/c14-13-15-12(17-16-13)8-9-5-6-10-3-1-2-4-11(10)7-9/h1-7H,8H2,(H2,14,16). The topological polar surface area (TPSA) is 51.8 Å². The fraction of sp³-hybridized carbons (Fsp3) is 0.0769. The van der Waals surface area contributed by atoms with Gasteiger partial charge in [-0.25, -0.2) is 4.98 Å². The lowest BCUT2D eigenvalue weighted by molar-refractivity contribution is 1.14. The van der Waals surface area contributed by atoms with Crippen molar-refractivity contribution in [2.24, 2.45) is 0 Å². The molecule has 1 aromatic heterocycles. The molecule has 0 saturated carbocycles. The number of rotatable bonds is 2. The fourth-order valence-electron chi connectivity index (χ4n) is 1.86. The Morgan fingerprint density at radius 1 is 1.06 bits per heavy atom. The largest absolute Gasteiger partial charge is 0.367 e. The zero-order valence-electron chi connectivity index (χ0n) is 9.13. The molecule has 0 spiro atoms. The fourth-order valence-corrected chi connectivity index (χ4v) is 2.47. The molecule has 4 heteroatoms. The second-order valence-corrected chi connectivity index (χ2v) is 4.74. The maximum atomic E-state index is 5.51. The molecule has 17 heavy (non-hydrogen) atoms. The Morgan fingerprint density at radius 3 is 2.65 bits per heavy atom. The molecule has 0 unspecified atom stereocenters. The van der Waals surface area contributed by atoms with Crippen LogP contribution in [0.1, 0.15) is 10.6 Å². The van der Waals surface area contributed by atoms with Crippen molar-refractivity contribution in [3.8, 4) is 0 Å². The molecule has 2 N–H and O–H groups in total. The van der Waals surface area contributed by atoms with Gasteiger partial charge < -0.3 is 5.73 Å². The Kier molecular flexibility index (Phi) is 2.49. The van der Waals surface area contributed by atoms with Crippen LogP contribution in [0.25, 0.3) is 10.8 Å². The Bertz CT molecular complexity index is 660. The second kappa shape index (κ2) is 4.14. The van der Waals surface area contributed by atoms with Crippen LogP contribution in [0.3, 0.4) is 0 Å². The average Bonchev–Trinajstić information content (AvgIpc) is 2.75. The quantitative estimate of drug-likeness (QED) is 0.750. The highest BCUT2D eigenvalue weighted by Crippen LogP contribution is 2.18. The minimum absolute atomic E-state index is 0.366. The number of benzene rings is 2. The van der Waals surface area contributed by atoms with Crippen molar-refractivity contribution in [1.29, 1.82) is 0 Å². The maximum Gasteiger partial charge on any atom is 0.232 e. The van der Waals surface area contributed by atoms with E-state index in [2.05, 4.69) is 45.8 Å².